The third-order valence-electron chi connectivity index (χ3n) is 3.44. The highest BCUT2D eigenvalue weighted by molar-refractivity contribution is 6.31. The SMILES string of the molecule is CC1(C(=O)Cc2c(F)cccc2Cl)CCNC1. The molecule has 0 saturated carbocycles. The van der Waals surface area contributed by atoms with Gasteiger partial charge in [-0.15, -0.1) is 0 Å². The van der Waals surface area contributed by atoms with Gasteiger partial charge in [-0.25, -0.2) is 4.39 Å². The second-order valence-electron chi connectivity index (χ2n) is 4.79. The Hall–Kier alpha value is -0.930. The maximum absolute atomic E-state index is 13.6. The molecule has 1 aliphatic heterocycles. The second kappa shape index (κ2) is 4.75. The van der Waals surface area contributed by atoms with Crippen molar-refractivity contribution in [3.8, 4) is 0 Å². The molecule has 0 bridgehead atoms. The molecule has 1 aliphatic rings. The Kier molecular flexibility index (Phi) is 3.50. The Balaban J connectivity index is 2.18. The van der Waals surface area contributed by atoms with Gasteiger partial charge in [-0.05, 0) is 25.1 Å². The van der Waals surface area contributed by atoms with E-state index in [2.05, 4.69) is 5.32 Å². The fourth-order valence-electron chi connectivity index (χ4n) is 2.13. The number of carbonyl (C=O) groups excluding carboxylic acids is 1. The molecular formula is C13H15ClFNO. The van der Waals surface area contributed by atoms with E-state index in [0.717, 1.165) is 13.0 Å². The lowest BCUT2D eigenvalue weighted by molar-refractivity contribution is -0.126. The molecule has 92 valence electrons. The van der Waals surface area contributed by atoms with E-state index in [1.54, 1.807) is 12.1 Å². The molecule has 4 heteroatoms. The summed E-state index contributed by atoms with van der Waals surface area (Å²) >= 11 is 5.92. The van der Waals surface area contributed by atoms with Crippen molar-refractivity contribution in [2.75, 3.05) is 13.1 Å². The van der Waals surface area contributed by atoms with Gasteiger partial charge in [0, 0.05) is 29.0 Å². The minimum atomic E-state index is -0.402. The summed E-state index contributed by atoms with van der Waals surface area (Å²) in [6, 6.07) is 4.50. The van der Waals surface area contributed by atoms with Crippen LogP contribution in [-0.4, -0.2) is 18.9 Å². The van der Waals surface area contributed by atoms with Crippen LogP contribution in [-0.2, 0) is 11.2 Å². The van der Waals surface area contributed by atoms with Crippen LogP contribution in [0.1, 0.15) is 18.9 Å². The van der Waals surface area contributed by atoms with E-state index in [4.69, 9.17) is 11.6 Å². The van der Waals surface area contributed by atoms with Gasteiger partial charge in [-0.1, -0.05) is 24.6 Å². The van der Waals surface area contributed by atoms with E-state index in [1.165, 1.54) is 6.07 Å². The molecule has 2 rings (SSSR count). The third-order valence-corrected chi connectivity index (χ3v) is 3.80. The Morgan fingerprint density at radius 1 is 1.59 bits per heavy atom. The minimum Gasteiger partial charge on any atom is -0.316 e. The summed E-state index contributed by atoms with van der Waals surface area (Å²) < 4.78 is 13.6. The number of hydrogen-bond acceptors (Lipinski definition) is 2. The molecule has 1 saturated heterocycles. The van der Waals surface area contributed by atoms with Crippen LogP contribution in [0.25, 0.3) is 0 Å². The van der Waals surface area contributed by atoms with E-state index in [-0.39, 0.29) is 17.6 Å². The highest BCUT2D eigenvalue weighted by atomic mass is 35.5. The summed E-state index contributed by atoms with van der Waals surface area (Å²) in [6.45, 7) is 3.43. The van der Waals surface area contributed by atoms with Crippen LogP contribution in [0.5, 0.6) is 0 Å². The Morgan fingerprint density at radius 2 is 2.35 bits per heavy atom. The summed E-state index contributed by atoms with van der Waals surface area (Å²) in [4.78, 5) is 12.2. The molecular weight excluding hydrogens is 241 g/mol. The van der Waals surface area contributed by atoms with Crippen molar-refractivity contribution in [2.45, 2.75) is 19.8 Å². The number of hydrogen-bond donors (Lipinski definition) is 1. The van der Waals surface area contributed by atoms with Gasteiger partial charge in [-0.3, -0.25) is 4.79 Å². The van der Waals surface area contributed by atoms with Gasteiger partial charge < -0.3 is 5.32 Å². The predicted molar refractivity (Wildman–Crippen MR) is 65.7 cm³/mol. The molecule has 0 aromatic heterocycles. The monoisotopic (exact) mass is 255 g/mol. The van der Waals surface area contributed by atoms with Crippen molar-refractivity contribution in [3.63, 3.8) is 0 Å². The Labute approximate surface area is 105 Å². The van der Waals surface area contributed by atoms with E-state index in [9.17, 15) is 9.18 Å². The average Bonchev–Trinajstić information content (AvgIpc) is 2.72. The first-order valence-electron chi connectivity index (χ1n) is 5.70. The van der Waals surface area contributed by atoms with Crippen LogP contribution < -0.4 is 5.32 Å². The Bertz CT molecular complexity index is 421. The molecule has 0 aliphatic carbocycles. The maximum atomic E-state index is 13.6. The molecule has 0 spiro atoms. The molecule has 1 atom stereocenters. The number of Topliss-reactive ketones (excluding diaryl/α,β-unsaturated/α-hetero) is 1. The van der Waals surface area contributed by atoms with Crippen molar-refractivity contribution >= 4 is 17.4 Å². The van der Waals surface area contributed by atoms with E-state index in [0.29, 0.717) is 17.1 Å². The number of ketones is 1. The fourth-order valence-corrected chi connectivity index (χ4v) is 2.36. The fraction of sp³-hybridized carbons (Fsp3) is 0.462. The van der Waals surface area contributed by atoms with Gasteiger partial charge in [0.2, 0.25) is 0 Å². The molecule has 0 amide bonds. The lowest BCUT2D eigenvalue weighted by atomic mass is 9.82. The number of nitrogens with one attached hydrogen (secondary N) is 1. The van der Waals surface area contributed by atoms with Gasteiger partial charge in [0.25, 0.3) is 0 Å². The molecule has 1 N–H and O–H groups in total. The maximum Gasteiger partial charge on any atom is 0.144 e. The number of carbonyl (C=O) groups is 1. The van der Waals surface area contributed by atoms with E-state index in [1.807, 2.05) is 6.92 Å². The minimum absolute atomic E-state index is 0.0505. The van der Waals surface area contributed by atoms with Crippen molar-refractivity contribution in [1.82, 2.24) is 5.32 Å². The predicted octanol–water partition coefficient (Wildman–Crippen LogP) is 2.59. The number of benzene rings is 1. The first-order chi connectivity index (χ1) is 8.03. The largest absolute Gasteiger partial charge is 0.316 e. The van der Waals surface area contributed by atoms with E-state index < -0.39 is 5.82 Å². The van der Waals surface area contributed by atoms with Crippen molar-refractivity contribution in [1.29, 1.82) is 0 Å². The van der Waals surface area contributed by atoms with Crippen molar-refractivity contribution < 1.29 is 9.18 Å². The lowest BCUT2D eigenvalue weighted by Gasteiger charge is -2.21. The van der Waals surface area contributed by atoms with Gasteiger partial charge in [0.1, 0.15) is 11.6 Å². The highest BCUT2D eigenvalue weighted by Gasteiger charge is 2.36. The number of rotatable bonds is 3. The molecule has 1 aromatic rings. The molecule has 2 nitrogen and oxygen atoms in total. The number of halogens is 2. The Morgan fingerprint density at radius 3 is 2.94 bits per heavy atom. The topological polar surface area (TPSA) is 29.1 Å². The summed E-state index contributed by atoms with van der Waals surface area (Å²) in [6.07, 6.45) is 0.877. The molecule has 1 heterocycles. The van der Waals surface area contributed by atoms with Gasteiger partial charge >= 0.3 is 0 Å². The summed E-state index contributed by atoms with van der Waals surface area (Å²) in [5.41, 5.74) is -0.0710. The van der Waals surface area contributed by atoms with Crippen LogP contribution in [0.15, 0.2) is 18.2 Å². The third kappa shape index (κ3) is 2.50. The first-order valence-corrected chi connectivity index (χ1v) is 6.08. The summed E-state index contributed by atoms with van der Waals surface area (Å²) in [7, 11) is 0. The smallest absolute Gasteiger partial charge is 0.144 e. The van der Waals surface area contributed by atoms with Gasteiger partial charge in [-0.2, -0.15) is 0 Å². The van der Waals surface area contributed by atoms with Crippen LogP contribution in [0.4, 0.5) is 4.39 Å². The first kappa shape index (κ1) is 12.5. The molecule has 0 radical (unpaired) electrons. The molecule has 17 heavy (non-hydrogen) atoms. The average molecular weight is 256 g/mol. The van der Waals surface area contributed by atoms with Gasteiger partial charge in [0.05, 0.1) is 0 Å². The molecule has 1 unspecified atom stereocenters. The zero-order chi connectivity index (χ0) is 12.5. The quantitative estimate of drug-likeness (QED) is 0.900. The lowest BCUT2D eigenvalue weighted by Crippen LogP contribution is -2.31. The second-order valence-corrected chi connectivity index (χ2v) is 5.19. The summed E-state index contributed by atoms with van der Waals surface area (Å²) in [5, 5.41) is 3.49. The molecule has 1 aromatic carbocycles. The highest BCUT2D eigenvalue weighted by Crippen LogP contribution is 2.29. The normalized spacial score (nSPS) is 23.9. The van der Waals surface area contributed by atoms with Crippen LogP contribution in [0, 0.1) is 11.2 Å². The van der Waals surface area contributed by atoms with Crippen LogP contribution in [0.3, 0.4) is 0 Å². The van der Waals surface area contributed by atoms with Crippen LogP contribution >= 0.6 is 11.6 Å². The standard InChI is InChI=1S/C13H15ClFNO/c1-13(5-6-16-8-13)12(17)7-9-10(14)3-2-4-11(9)15/h2-4,16H,5-8H2,1H3. The van der Waals surface area contributed by atoms with E-state index >= 15 is 0 Å². The van der Waals surface area contributed by atoms with Crippen molar-refractivity contribution in [3.05, 3.63) is 34.6 Å². The van der Waals surface area contributed by atoms with Gasteiger partial charge in [0.15, 0.2) is 0 Å². The molecule has 1 fully saturated rings. The summed E-state index contributed by atoms with van der Waals surface area (Å²) in [5.74, 6) is -0.352. The van der Waals surface area contributed by atoms with Crippen LogP contribution in [0.2, 0.25) is 5.02 Å². The zero-order valence-electron chi connectivity index (χ0n) is 9.72. The van der Waals surface area contributed by atoms with Crippen molar-refractivity contribution in [2.24, 2.45) is 5.41 Å². The zero-order valence-corrected chi connectivity index (χ0v) is 10.5.